The molecule has 0 radical (unpaired) electrons. The lowest BCUT2D eigenvalue weighted by atomic mass is 9.92. The number of hydrogen-bond acceptors (Lipinski definition) is 3. The minimum atomic E-state index is 0.166. The second-order valence-corrected chi connectivity index (χ2v) is 5.44. The standard InChI is InChI=1S/C18H22N2O/c1-2-20-17(15-7-5-10-19-13-15)12-18-16-8-4-3-6-14(16)9-11-21-18/h3-8,10,13,17-18,20H,2,9,11-12H2,1H3. The van der Waals surface area contributed by atoms with E-state index in [1.54, 1.807) is 0 Å². The summed E-state index contributed by atoms with van der Waals surface area (Å²) in [7, 11) is 0. The van der Waals surface area contributed by atoms with Crippen LogP contribution in [-0.2, 0) is 11.2 Å². The molecule has 1 N–H and O–H groups in total. The molecule has 2 aromatic rings. The lowest BCUT2D eigenvalue weighted by molar-refractivity contribution is 0.0294. The number of benzene rings is 1. The predicted molar refractivity (Wildman–Crippen MR) is 84.1 cm³/mol. The Morgan fingerprint density at radius 1 is 1.29 bits per heavy atom. The quantitative estimate of drug-likeness (QED) is 0.912. The summed E-state index contributed by atoms with van der Waals surface area (Å²) in [6, 6.07) is 13.0. The fraction of sp³-hybridized carbons (Fsp3) is 0.389. The summed E-state index contributed by atoms with van der Waals surface area (Å²) in [6.45, 7) is 3.89. The van der Waals surface area contributed by atoms with Crippen molar-refractivity contribution in [3.05, 3.63) is 65.5 Å². The Bertz CT molecular complexity index is 570. The van der Waals surface area contributed by atoms with E-state index in [1.807, 2.05) is 18.5 Å². The second kappa shape index (κ2) is 6.83. The van der Waals surface area contributed by atoms with Gasteiger partial charge in [-0.25, -0.2) is 0 Å². The molecule has 0 saturated heterocycles. The summed E-state index contributed by atoms with van der Waals surface area (Å²) in [5.74, 6) is 0. The highest BCUT2D eigenvalue weighted by molar-refractivity contribution is 5.31. The number of nitrogens with one attached hydrogen (secondary N) is 1. The molecule has 2 heterocycles. The van der Waals surface area contributed by atoms with Gasteiger partial charge in [-0.1, -0.05) is 37.3 Å². The van der Waals surface area contributed by atoms with Crippen molar-refractivity contribution in [2.75, 3.05) is 13.2 Å². The molecule has 3 nitrogen and oxygen atoms in total. The van der Waals surface area contributed by atoms with Gasteiger partial charge in [-0.05, 0) is 42.1 Å². The number of aromatic nitrogens is 1. The molecular weight excluding hydrogens is 260 g/mol. The zero-order chi connectivity index (χ0) is 14.5. The third-order valence-corrected chi connectivity index (χ3v) is 4.08. The summed E-state index contributed by atoms with van der Waals surface area (Å²) in [4.78, 5) is 4.24. The van der Waals surface area contributed by atoms with Gasteiger partial charge in [0, 0.05) is 18.4 Å². The van der Waals surface area contributed by atoms with Gasteiger partial charge in [-0.15, -0.1) is 0 Å². The van der Waals surface area contributed by atoms with Crippen LogP contribution in [0.15, 0.2) is 48.8 Å². The Morgan fingerprint density at radius 3 is 3.00 bits per heavy atom. The van der Waals surface area contributed by atoms with E-state index < -0.39 is 0 Å². The third-order valence-electron chi connectivity index (χ3n) is 4.08. The molecule has 3 heteroatoms. The summed E-state index contributed by atoms with van der Waals surface area (Å²) in [5.41, 5.74) is 4.00. The molecule has 3 rings (SSSR count). The van der Waals surface area contributed by atoms with Gasteiger partial charge < -0.3 is 10.1 Å². The smallest absolute Gasteiger partial charge is 0.0845 e. The first-order valence-electron chi connectivity index (χ1n) is 7.71. The largest absolute Gasteiger partial charge is 0.373 e. The maximum absolute atomic E-state index is 6.04. The Morgan fingerprint density at radius 2 is 2.19 bits per heavy atom. The highest BCUT2D eigenvalue weighted by atomic mass is 16.5. The first-order valence-corrected chi connectivity index (χ1v) is 7.71. The molecule has 110 valence electrons. The van der Waals surface area contributed by atoms with Gasteiger partial charge in [0.2, 0.25) is 0 Å². The van der Waals surface area contributed by atoms with Crippen molar-refractivity contribution in [2.24, 2.45) is 0 Å². The second-order valence-electron chi connectivity index (χ2n) is 5.44. The van der Waals surface area contributed by atoms with E-state index >= 15 is 0 Å². The minimum Gasteiger partial charge on any atom is -0.373 e. The van der Waals surface area contributed by atoms with Crippen LogP contribution in [0, 0.1) is 0 Å². The lowest BCUT2D eigenvalue weighted by Gasteiger charge is -2.29. The first-order chi connectivity index (χ1) is 10.4. The van der Waals surface area contributed by atoms with Crippen LogP contribution in [0.5, 0.6) is 0 Å². The molecule has 2 unspecified atom stereocenters. The van der Waals surface area contributed by atoms with Gasteiger partial charge in [-0.3, -0.25) is 4.98 Å². The number of hydrogen-bond donors (Lipinski definition) is 1. The molecule has 0 bridgehead atoms. The molecule has 1 aromatic carbocycles. The van der Waals surface area contributed by atoms with Crippen molar-refractivity contribution in [3.8, 4) is 0 Å². The van der Waals surface area contributed by atoms with Crippen LogP contribution in [0.4, 0.5) is 0 Å². The Kier molecular flexibility index (Phi) is 4.63. The van der Waals surface area contributed by atoms with E-state index in [-0.39, 0.29) is 12.1 Å². The molecule has 0 saturated carbocycles. The van der Waals surface area contributed by atoms with E-state index in [0.29, 0.717) is 0 Å². The molecular formula is C18H22N2O. The summed E-state index contributed by atoms with van der Waals surface area (Å²) in [6.07, 6.45) is 5.89. The maximum Gasteiger partial charge on any atom is 0.0845 e. The van der Waals surface area contributed by atoms with Crippen molar-refractivity contribution in [1.29, 1.82) is 0 Å². The van der Waals surface area contributed by atoms with Crippen molar-refractivity contribution in [2.45, 2.75) is 31.9 Å². The molecule has 1 aromatic heterocycles. The number of rotatable bonds is 5. The third kappa shape index (κ3) is 3.31. The Hall–Kier alpha value is -1.71. The molecule has 0 spiro atoms. The highest BCUT2D eigenvalue weighted by Gasteiger charge is 2.24. The van der Waals surface area contributed by atoms with Gasteiger partial charge >= 0.3 is 0 Å². The zero-order valence-electron chi connectivity index (χ0n) is 12.5. The van der Waals surface area contributed by atoms with Crippen LogP contribution in [0.2, 0.25) is 0 Å². The van der Waals surface area contributed by atoms with E-state index in [0.717, 1.165) is 26.0 Å². The van der Waals surface area contributed by atoms with Gasteiger partial charge in [0.05, 0.1) is 12.7 Å². The monoisotopic (exact) mass is 282 g/mol. The predicted octanol–water partition coefficient (Wildman–Crippen LogP) is 3.44. The number of pyridine rings is 1. The Labute approximate surface area is 126 Å². The molecule has 21 heavy (non-hydrogen) atoms. The lowest BCUT2D eigenvalue weighted by Crippen LogP contribution is -2.26. The van der Waals surface area contributed by atoms with Crippen LogP contribution in [0.1, 0.15) is 42.2 Å². The van der Waals surface area contributed by atoms with E-state index in [2.05, 4.69) is 47.6 Å². The average molecular weight is 282 g/mol. The van der Waals surface area contributed by atoms with Crippen LogP contribution >= 0.6 is 0 Å². The molecule has 1 aliphatic rings. The Balaban J connectivity index is 1.81. The summed E-state index contributed by atoms with van der Waals surface area (Å²) >= 11 is 0. The van der Waals surface area contributed by atoms with Gasteiger partial charge in [0.1, 0.15) is 0 Å². The van der Waals surface area contributed by atoms with E-state index in [1.165, 1.54) is 16.7 Å². The van der Waals surface area contributed by atoms with Crippen LogP contribution in [0.25, 0.3) is 0 Å². The number of nitrogens with zero attached hydrogens (tertiary/aromatic N) is 1. The fourth-order valence-corrected chi connectivity index (χ4v) is 3.05. The van der Waals surface area contributed by atoms with E-state index in [9.17, 15) is 0 Å². The fourth-order valence-electron chi connectivity index (χ4n) is 3.05. The number of ether oxygens (including phenoxy) is 1. The topological polar surface area (TPSA) is 34.1 Å². The highest BCUT2D eigenvalue weighted by Crippen LogP contribution is 2.34. The molecule has 0 aliphatic carbocycles. The molecule has 0 amide bonds. The molecule has 1 aliphatic heterocycles. The summed E-state index contributed by atoms with van der Waals surface area (Å²) in [5, 5.41) is 3.56. The average Bonchev–Trinajstić information content (AvgIpc) is 2.55. The minimum absolute atomic E-state index is 0.166. The summed E-state index contributed by atoms with van der Waals surface area (Å²) < 4.78 is 6.04. The van der Waals surface area contributed by atoms with Crippen LogP contribution in [-0.4, -0.2) is 18.1 Å². The van der Waals surface area contributed by atoms with Gasteiger partial charge in [0.25, 0.3) is 0 Å². The maximum atomic E-state index is 6.04. The van der Waals surface area contributed by atoms with Crippen LogP contribution < -0.4 is 5.32 Å². The molecule has 0 fully saturated rings. The van der Waals surface area contributed by atoms with Crippen molar-refractivity contribution in [3.63, 3.8) is 0 Å². The van der Waals surface area contributed by atoms with Crippen LogP contribution in [0.3, 0.4) is 0 Å². The van der Waals surface area contributed by atoms with Crippen molar-refractivity contribution < 1.29 is 4.74 Å². The van der Waals surface area contributed by atoms with E-state index in [4.69, 9.17) is 4.74 Å². The van der Waals surface area contributed by atoms with Crippen molar-refractivity contribution in [1.82, 2.24) is 10.3 Å². The first kappa shape index (κ1) is 14.2. The number of fused-ring (bicyclic) bond motifs is 1. The zero-order valence-corrected chi connectivity index (χ0v) is 12.5. The van der Waals surface area contributed by atoms with Gasteiger partial charge in [0.15, 0.2) is 0 Å². The SMILES string of the molecule is CCNC(CC1OCCc2ccccc21)c1cccnc1. The molecule has 2 atom stereocenters. The van der Waals surface area contributed by atoms with Gasteiger partial charge in [-0.2, -0.15) is 0 Å². The normalized spacial score (nSPS) is 19.0. The van der Waals surface area contributed by atoms with Crippen molar-refractivity contribution >= 4 is 0 Å².